The highest BCUT2D eigenvalue weighted by molar-refractivity contribution is 7.80. The summed E-state index contributed by atoms with van der Waals surface area (Å²) < 4.78 is 23.4. The zero-order chi connectivity index (χ0) is 18.8. The molecule has 142 valence electrons. The van der Waals surface area contributed by atoms with Crippen LogP contribution in [0.25, 0.3) is 10.9 Å². The Labute approximate surface area is 161 Å². The van der Waals surface area contributed by atoms with Gasteiger partial charge in [0.25, 0.3) is 0 Å². The van der Waals surface area contributed by atoms with E-state index in [1.807, 2.05) is 18.2 Å². The van der Waals surface area contributed by atoms with E-state index in [1.54, 1.807) is 31.4 Å². The molecule has 5 nitrogen and oxygen atoms in total. The number of fused-ring (bicyclic) bond motifs is 1. The number of nitrogens with zero attached hydrogens (tertiary/aromatic N) is 1. The van der Waals surface area contributed by atoms with Gasteiger partial charge in [-0.05, 0) is 86.9 Å². The molecule has 2 aromatic carbocycles. The second-order valence-corrected chi connectivity index (χ2v) is 8.13. The Hall–Kier alpha value is -2.31. The van der Waals surface area contributed by atoms with E-state index < -0.39 is 11.1 Å². The maximum absolute atomic E-state index is 12.5. The number of nitrogens with one attached hydrogen (secondary N) is 1. The topological polar surface area (TPSA) is 54.6 Å². The van der Waals surface area contributed by atoms with Gasteiger partial charge < -0.3 is 18.8 Å². The number of ether oxygens (including phenoxy) is 1. The Balaban J connectivity index is 1.55. The highest BCUT2D eigenvalue weighted by Gasteiger charge is 2.21. The van der Waals surface area contributed by atoms with Crippen molar-refractivity contribution in [1.29, 1.82) is 0 Å². The lowest BCUT2D eigenvalue weighted by molar-refractivity contribution is 0.256. The van der Waals surface area contributed by atoms with Crippen molar-refractivity contribution in [1.82, 2.24) is 9.88 Å². The largest absolute Gasteiger partial charge is 0.497 e. The van der Waals surface area contributed by atoms with Gasteiger partial charge >= 0.3 is 0 Å². The minimum absolute atomic E-state index is 0.553. The number of methoxy groups -OCH3 is 1. The predicted octanol–water partition coefficient (Wildman–Crippen LogP) is 4.09. The molecule has 1 fully saturated rings. The second kappa shape index (κ2) is 7.74. The number of benzene rings is 2. The summed E-state index contributed by atoms with van der Waals surface area (Å²) in [5, 5.41) is 1.16. The van der Waals surface area contributed by atoms with Crippen molar-refractivity contribution in [3.63, 3.8) is 0 Å². The third-order valence-electron chi connectivity index (χ3n) is 5.27. The van der Waals surface area contributed by atoms with Crippen LogP contribution in [0, 0.1) is 0 Å². The molecule has 27 heavy (non-hydrogen) atoms. The van der Waals surface area contributed by atoms with Gasteiger partial charge in [0.1, 0.15) is 11.5 Å². The lowest BCUT2D eigenvalue weighted by Crippen LogP contribution is -2.29. The average molecular weight is 385 g/mol. The van der Waals surface area contributed by atoms with Gasteiger partial charge in [-0.2, -0.15) is 0 Å². The molecule has 6 heteroatoms. The molecule has 0 amide bonds. The number of aromatic amines is 1. The van der Waals surface area contributed by atoms with Crippen LogP contribution in [-0.2, 0) is 11.1 Å². The van der Waals surface area contributed by atoms with E-state index in [0.717, 1.165) is 42.6 Å². The van der Waals surface area contributed by atoms with Crippen molar-refractivity contribution in [3.05, 3.63) is 54.2 Å². The maximum Gasteiger partial charge on any atom is 0.240 e. The van der Waals surface area contributed by atoms with Crippen molar-refractivity contribution >= 4 is 22.0 Å². The lowest BCUT2D eigenvalue weighted by atomic mass is 9.89. The van der Waals surface area contributed by atoms with E-state index in [0.29, 0.717) is 16.6 Å². The third-order valence-corrected chi connectivity index (χ3v) is 6.27. The highest BCUT2D eigenvalue weighted by atomic mass is 32.2. The molecule has 0 saturated carbocycles. The molecule has 4 rings (SSSR count). The standard InChI is InChI=1S/C21H24N2O3S/c1-23-11-9-15(10-12-23)20-14-22-21-8-5-17(13-19(20)21)26-27(24)18-6-3-16(25-2)4-7-18/h3-8,13-15,22H,9-12H2,1-2H3. The molecule has 1 atom stereocenters. The van der Waals surface area contributed by atoms with Gasteiger partial charge in [0.2, 0.25) is 11.1 Å². The molecule has 0 spiro atoms. The first-order valence-electron chi connectivity index (χ1n) is 9.18. The fourth-order valence-corrected chi connectivity index (χ4v) is 4.39. The normalized spacial score (nSPS) is 17.1. The van der Waals surface area contributed by atoms with E-state index in [9.17, 15) is 4.21 Å². The summed E-state index contributed by atoms with van der Waals surface area (Å²) in [4.78, 5) is 6.35. The Morgan fingerprint density at radius 2 is 1.78 bits per heavy atom. The van der Waals surface area contributed by atoms with Crippen molar-refractivity contribution < 1.29 is 13.1 Å². The van der Waals surface area contributed by atoms with Gasteiger partial charge in [-0.3, -0.25) is 0 Å². The SMILES string of the molecule is COc1ccc(S(=O)Oc2ccc3[nH]cc(C4CCN(C)CC4)c3c2)cc1. The second-order valence-electron chi connectivity index (χ2n) is 7.02. The number of likely N-dealkylation sites (tertiary alicyclic amines) is 1. The van der Waals surface area contributed by atoms with Crippen LogP contribution in [0.15, 0.2) is 53.6 Å². The van der Waals surface area contributed by atoms with Crippen molar-refractivity contribution in [3.8, 4) is 11.5 Å². The minimum atomic E-state index is -1.56. The van der Waals surface area contributed by atoms with E-state index in [2.05, 4.69) is 23.1 Å². The van der Waals surface area contributed by atoms with Gasteiger partial charge in [0, 0.05) is 17.1 Å². The van der Waals surface area contributed by atoms with E-state index in [4.69, 9.17) is 8.92 Å². The number of H-pyrrole nitrogens is 1. The van der Waals surface area contributed by atoms with E-state index >= 15 is 0 Å². The molecule has 1 aromatic heterocycles. The number of piperidine rings is 1. The van der Waals surface area contributed by atoms with Crippen LogP contribution in [0.5, 0.6) is 11.5 Å². The summed E-state index contributed by atoms with van der Waals surface area (Å²) in [6.07, 6.45) is 4.43. The van der Waals surface area contributed by atoms with Gasteiger partial charge in [-0.15, -0.1) is 0 Å². The van der Waals surface area contributed by atoms with Crippen LogP contribution in [0.3, 0.4) is 0 Å². The lowest BCUT2D eigenvalue weighted by Gasteiger charge is -2.28. The van der Waals surface area contributed by atoms with Gasteiger partial charge in [0.15, 0.2) is 0 Å². The maximum atomic E-state index is 12.5. The smallest absolute Gasteiger partial charge is 0.240 e. The van der Waals surface area contributed by atoms with Gasteiger partial charge in [-0.1, -0.05) is 0 Å². The van der Waals surface area contributed by atoms with Crippen LogP contribution in [0.1, 0.15) is 24.3 Å². The van der Waals surface area contributed by atoms with Crippen LogP contribution >= 0.6 is 0 Å². The summed E-state index contributed by atoms with van der Waals surface area (Å²) >= 11 is -1.56. The van der Waals surface area contributed by atoms with Crippen molar-refractivity contribution in [2.45, 2.75) is 23.7 Å². The summed E-state index contributed by atoms with van der Waals surface area (Å²) in [5.41, 5.74) is 2.42. The fraction of sp³-hybridized carbons (Fsp3) is 0.333. The zero-order valence-corrected chi connectivity index (χ0v) is 16.4. The molecular formula is C21H24N2O3S. The summed E-state index contributed by atoms with van der Waals surface area (Å²) in [7, 11) is 3.78. The Kier molecular flexibility index (Phi) is 5.18. The fourth-order valence-electron chi connectivity index (χ4n) is 3.65. The quantitative estimate of drug-likeness (QED) is 0.720. The molecule has 1 aliphatic rings. The number of aromatic nitrogens is 1. The van der Waals surface area contributed by atoms with Crippen LogP contribution in [-0.4, -0.2) is 41.3 Å². The Bertz CT molecular complexity index is 944. The zero-order valence-electron chi connectivity index (χ0n) is 15.6. The first-order valence-corrected chi connectivity index (χ1v) is 10.3. The molecule has 0 radical (unpaired) electrons. The number of hydrogen-bond donors (Lipinski definition) is 1. The van der Waals surface area contributed by atoms with Gasteiger partial charge in [-0.25, -0.2) is 4.21 Å². The van der Waals surface area contributed by atoms with Crippen molar-refractivity contribution in [2.75, 3.05) is 27.2 Å². The van der Waals surface area contributed by atoms with Crippen molar-refractivity contribution in [2.24, 2.45) is 0 Å². The summed E-state index contributed by atoms with van der Waals surface area (Å²) in [6.45, 7) is 2.24. The molecule has 1 saturated heterocycles. The van der Waals surface area contributed by atoms with Crippen LogP contribution in [0.2, 0.25) is 0 Å². The minimum Gasteiger partial charge on any atom is -0.497 e. The first kappa shape index (κ1) is 18.1. The first-order chi connectivity index (χ1) is 13.1. The Morgan fingerprint density at radius 3 is 2.48 bits per heavy atom. The number of rotatable bonds is 5. The molecule has 1 aliphatic heterocycles. The van der Waals surface area contributed by atoms with E-state index in [-0.39, 0.29) is 0 Å². The van der Waals surface area contributed by atoms with Crippen LogP contribution in [0.4, 0.5) is 0 Å². The van der Waals surface area contributed by atoms with Gasteiger partial charge in [0.05, 0.1) is 12.0 Å². The monoisotopic (exact) mass is 384 g/mol. The summed E-state index contributed by atoms with van der Waals surface area (Å²) in [6, 6.07) is 12.9. The third kappa shape index (κ3) is 3.87. The molecule has 2 heterocycles. The summed E-state index contributed by atoms with van der Waals surface area (Å²) in [5.74, 6) is 1.90. The number of hydrogen-bond acceptors (Lipinski definition) is 4. The predicted molar refractivity (Wildman–Crippen MR) is 108 cm³/mol. The average Bonchev–Trinajstić information content (AvgIpc) is 3.12. The van der Waals surface area contributed by atoms with E-state index in [1.165, 1.54) is 5.56 Å². The molecule has 1 N–H and O–H groups in total. The highest BCUT2D eigenvalue weighted by Crippen LogP contribution is 2.34. The molecule has 0 bridgehead atoms. The molecular weight excluding hydrogens is 360 g/mol. The molecule has 1 unspecified atom stereocenters. The molecule has 3 aromatic rings. The Morgan fingerprint density at radius 1 is 1.07 bits per heavy atom. The van der Waals surface area contributed by atoms with Crippen LogP contribution < -0.4 is 8.92 Å². The molecule has 0 aliphatic carbocycles.